The molecule has 0 atom stereocenters. The summed E-state index contributed by atoms with van der Waals surface area (Å²) in [6.07, 6.45) is 2.82. The molecule has 7 nitrogen and oxygen atoms in total. The van der Waals surface area contributed by atoms with E-state index < -0.39 is 5.97 Å². The van der Waals surface area contributed by atoms with Crippen molar-refractivity contribution in [2.75, 3.05) is 13.2 Å². The van der Waals surface area contributed by atoms with Gasteiger partial charge in [-0.3, -0.25) is 0 Å². The highest BCUT2D eigenvalue weighted by Gasteiger charge is 2.09. The highest BCUT2D eigenvalue weighted by molar-refractivity contribution is 5.76. The number of aromatic nitrogens is 4. The maximum Gasteiger partial charge on any atom is 0.344 e. The van der Waals surface area contributed by atoms with E-state index in [2.05, 4.69) is 19.9 Å². The minimum Gasteiger partial charge on any atom is -0.464 e. The van der Waals surface area contributed by atoms with Crippen molar-refractivity contribution in [2.24, 2.45) is 0 Å². The number of nitrogens with zero attached hydrogens (tertiary/aromatic N) is 3. The lowest BCUT2D eigenvalue weighted by atomic mass is 10.5. The van der Waals surface area contributed by atoms with Gasteiger partial charge in [-0.2, -0.15) is 4.98 Å². The second-order valence-electron chi connectivity index (χ2n) is 2.87. The summed E-state index contributed by atoms with van der Waals surface area (Å²) in [5, 5.41) is 0. The van der Waals surface area contributed by atoms with Crippen LogP contribution in [0.3, 0.4) is 0 Å². The molecule has 0 fully saturated rings. The third-order valence-corrected chi connectivity index (χ3v) is 1.82. The van der Waals surface area contributed by atoms with Crippen LogP contribution in [-0.4, -0.2) is 39.1 Å². The molecule has 0 aliphatic carbocycles. The highest BCUT2D eigenvalue weighted by atomic mass is 16.6. The Hall–Kier alpha value is -2.18. The maximum absolute atomic E-state index is 11.1. The van der Waals surface area contributed by atoms with Crippen LogP contribution in [0, 0.1) is 0 Å². The Morgan fingerprint density at radius 1 is 1.44 bits per heavy atom. The number of nitrogens with one attached hydrogen (secondary N) is 1. The summed E-state index contributed by atoms with van der Waals surface area (Å²) in [5.74, 6) is -0.177. The predicted molar refractivity (Wildman–Crippen MR) is 53.8 cm³/mol. The monoisotopic (exact) mass is 222 g/mol. The molecule has 2 aromatic rings. The smallest absolute Gasteiger partial charge is 0.344 e. The van der Waals surface area contributed by atoms with Crippen molar-refractivity contribution < 1.29 is 14.3 Å². The first-order valence-electron chi connectivity index (χ1n) is 4.73. The van der Waals surface area contributed by atoms with Crippen LogP contribution in [0.4, 0.5) is 0 Å². The fourth-order valence-electron chi connectivity index (χ4n) is 1.18. The molecule has 0 unspecified atom stereocenters. The van der Waals surface area contributed by atoms with Gasteiger partial charge in [0, 0.05) is 0 Å². The van der Waals surface area contributed by atoms with E-state index in [9.17, 15) is 4.79 Å². The van der Waals surface area contributed by atoms with Crippen LogP contribution < -0.4 is 4.74 Å². The zero-order valence-electron chi connectivity index (χ0n) is 8.64. The van der Waals surface area contributed by atoms with Gasteiger partial charge in [0.25, 0.3) is 0 Å². The van der Waals surface area contributed by atoms with Crippen LogP contribution in [0.2, 0.25) is 0 Å². The second kappa shape index (κ2) is 4.56. The number of ether oxygens (including phenoxy) is 2. The molecule has 2 rings (SSSR count). The predicted octanol–water partition coefficient (Wildman–Crippen LogP) is 0.295. The number of H-pyrrole nitrogens is 1. The van der Waals surface area contributed by atoms with Crippen molar-refractivity contribution in [3.05, 3.63) is 12.7 Å². The van der Waals surface area contributed by atoms with Crippen molar-refractivity contribution in [3.63, 3.8) is 0 Å². The number of aromatic amines is 1. The molecule has 84 valence electrons. The molecule has 7 heteroatoms. The third-order valence-electron chi connectivity index (χ3n) is 1.82. The Balaban J connectivity index is 2.09. The number of carbonyl (C=O) groups excluding carboxylic acids is 1. The Bertz CT molecular complexity index is 496. The first-order chi connectivity index (χ1) is 7.81. The molecule has 2 heterocycles. The molecule has 16 heavy (non-hydrogen) atoms. The van der Waals surface area contributed by atoms with Crippen LogP contribution in [0.25, 0.3) is 11.2 Å². The number of rotatable bonds is 4. The van der Waals surface area contributed by atoms with Crippen LogP contribution in [-0.2, 0) is 9.53 Å². The number of fused-ring (bicyclic) bond motifs is 1. The number of carbonyl (C=O) groups is 1. The molecule has 1 N–H and O–H groups in total. The van der Waals surface area contributed by atoms with Crippen molar-refractivity contribution in [1.82, 2.24) is 19.9 Å². The summed E-state index contributed by atoms with van der Waals surface area (Å²) < 4.78 is 9.91. The fraction of sp³-hybridized carbons (Fsp3) is 0.333. The van der Waals surface area contributed by atoms with Gasteiger partial charge in [-0.05, 0) is 6.92 Å². The third kappa shape index (κ3) is 2.08. The summed E-state index contributed by atoms with van der Waals surface area (Å²) >= 11 is 0. The largest absolute Gasteiger partial charge is 0.464 e. The summed E-state index contributed by atoms with van der Waals surface area (Å²) in [6, 6.07) is 0. The Labute approximate surface area is 90.8 Å². The Morgan fingerprint density at radius 3 is 3.12 bits per heavy atom. The van der Waals surface area contributed by atoms with Crippen molar-refractivity contribution in [1.29, 1.82) is 0 Å². The maximum atomic E-state index is 11.1. The van der Waals surface area contributed by atoms with Crippen LogP contribution in [0.5, 0.6) is 5.88 Å². The van der Waals surface area contributed by atoms with E-state index in [-0.39, 0.29) is 12.5 Å². The van der Waals surface area contributed by atoms with Crippen LogP contribution in [0.1, 0.15) is 6.92 Å². The Morgan fingerprint density at radius 2 is 2.31 bits per heavy atom. The van der Waals surface area contributed by atoms with Gasteiger partial charge < -0.3 is 14.5 Å². The molecule has 0 bridgehead atoms. The summed E-state index contributed by atoms with van der Waals surface area (Å²) in [5.41, 5.74) is 1.06. The molecule has 0 aliphatic heterocycles. The molecule has 0 amide bonds. The van der Waals surface area contributed by atoms with Gasteiger partial charge >= 0.3 is 5.97 Å². The molecule has 0 saturated heterocycles. The summed E-state index contributed by atoms with van der Waals surface area (Å²) in [4.78, 5) is 25.7. The average molecular weight is 222 g/mol. The van der Waals surface area contributed by atoms with Crippen molar-refractivity contribution >= 4 is 17.1 Å². The molecule has 2 aromatic heterocycles. The standard InChI is InChI=1S/C9H10N4O3/c1-2-15-6(14)3-16-9-7-8(11-4-10-7)12-5-13-9/h4-5H,2-3H2,1H3,(H,10,11,12,13). The van der Waals surface area contributed by atoms with E-state index in [1.54, 1.807) is 6.92 Å². The van der Waals surface area contributed by atoms with E-state index in [4.69, 9.17) is 9.47 Å². The molecule has 0 aromatic carbocycles. The number of hydrogen-bond donors (Lipinski definition) is 1. The minimum absolute atomic E-state index is 0.188. The van der Waals surface area contributed by atoms with Gasteiger partial charge in [0.05, 0.1) is 12.9 Å². The van der Waals surface area contributed by atoms with Gasteiger partial charge in [-0.25, -0.2) is 14.8 Å². The Kier molecular flexibility index (Phi) is 2.95. The molecule has 0 aliphatic rings. The number of imidazole rings is 1. The molecular formula is C9H10N4O3. The molecule has 0 saturated carbocycles. The van der Waals surface area contributed by atoms with Gasteiger partial charge in [0.1, 0.15) is 6.33 Å². The van der Waals surface area contributed by atoms with E-state index >= 15 is 0 Å². The van der Waals surface area contributed by atoms with E-state index in [1.807, 2.05) is 0 Å². The molecular weight excluding hydrogens is 212 g/mol. The first-order valence-corrected chi connectivity index (χ1v) is 4.73. The highest BCUT2D eigenvalue weighted by Crippen LogP contribution is 2.16. The number of esters is 1. The van der Waals surface area contributed by atoms with Gasteiger partial charge in [0.15, 0.2) is 17.8 Å². The van der Waals surface area contributed by atoms with Crippen LogP contribution >= 0.6 is 0 Å². The normalized spacial score (nSPS) is 10.3. The lowest BCUT2D eigenvalue weighted by molar-refractivity contribution is -0.145. The topological polar surface area (TPSA) is 90.0 Å². The van der Waals surface area contributed by atoms with Gasteiger partial charge in [-0.15, -0.1) is 0 Å². The second-order valence-corrected chi connectivity index (χ2v) is 2.87. The van der Waals surface area contributed by atoms with Crippen LogP contribution in [0.15, 0.2) is 12.7 Å². The van der Waals surface area contributed by atoms with E-state index in [0.29, 0.717) is 17.8 Å². The summed E-state index contributed by atoms with van der Waals surface area (Å²) in [7, 11) is 0. The minimum atomic E-state index is -0.440. The zero-order valence-corrected chi connectivity index (χ0v) is 8.64. The SMILES string of the molecule is CCOC(=O)COc1ncnc2[nH]cnc12. The first kappa shape index (κ1) is 10.3. The van der Waals surface area contributed by atoms with E-state index in [1.165, 1.54) is 12.7 Å². The van der Waals surface area contributed by atoms with E-state index in [0.717, 1.165) is 0 Å². The van der Waals surface area contributed by atoms with Gasteiger partial charge in [-0.1, -0.05) is 0 Å². The van der Waals surface area contributed by atoms with Crippen molar-refractivity contribution in [3.8, 4) is 5.88 Å². The lowest BCUT2D eigenvalue weighted by Gasteiger charge is -2.04. The van der Waals surface area contributed by atoms with Crippen molar-refractivity contribution in [2.45, 2.75) is 6.92 Å². The molecule has 0 radical (unpaired) electrons. The average Bonchev–Trinajstić information content (AvgIpc) is 2.75. The quantitative estimate of drug-likeness (QED) is 0.748. The lowest BCUT2D eigenvalue weighted by Crippen LogP contribution is -2.15. The fourth-order valence-corrected chi connectivity index (χ4v) is 1.18. The van der Waals surface area contributed by atoms with Gasteiger partial charge in [0.2, 0.25) is 5.88 Å². The number of hydrogen-bond acceptors (Lipinski definition) is 6. The summed E-state index contributed by atoms with van der Waals surface area (Å²) in [6.45, 7) is 1.87. The molecule has 0 spiro atoms. The zero-order chi connectivity index (χ0) is 11.4.